The van der Waals surface area contributed by atoms with Gasteiger partial charge in [0.05, 0.1) is 23.6 Å². The number of carbonyl (C=O) groups is 2. The summed E-state index contributed by atoms with van der Waals surface area (Å²) in [6, 6.07) is 7.47. The van der Waals surface area contributed by atoms with Crippen molar-refractivity contribution in [2.45, 2.75) is 19.4 Å². The van der Waals surface area contributed by atoms with E-state index in [1.165, 1.54) is 7.05 Å². The molecule has 0 saturated heterocycles. The average Bonchev–Trinajstić information content (AvgIpc) is 3.56. The van der Waals surface area contributed by atoms with Gasteiger partial charge in [-0.2, -0.15) is 15.0 Å². The second-order valence-electron chi connectivity index (χ2n) is 8.00. The van der Waals surface area contributed by atoms with Crippen molar-refractivity contribution in [1.29, 1.82) is 0 Å². The van der Waals surface area contributed by atoms with Crippen LogP contribution in [0.4, 0.5) is 22.9 Å². The predicted octanol–water partition coefficient (Wildman–Crippen LogP) is 1.67. The van der Waals surface area contributed by atoms with E-state index in [2.05, 4.69) is 41.2 Å². The number of hydrogen-bond acceptors (Lipinski definition) is 8. The van der Waals surface area contributed by atoms with Gasteiger partial charge in [-0.15, -0.1) is 10.2 Å². The molecule has 32 heavy (non-hydrogen) atoms. The van der Waals surface area contributed by atoms with Gasteiger partial charge in [0.15, 0.2) is 11.5 Å². The summed E-state index contributed by atoms with van der Waals surface area (Å²) in [7, 11) is 5.31. The van der Waals surface area contributed by atoms with Crippen molar-refractivity contribution in [3.63, 3.8) is 0 Å². The first kappa shape index (κ1) is 19.9. The summed E-state index contributed by atoms with van der Waals surface area (Å²) in [4.78, 5) is 28.2. The molecule has 2 aliphatic rings. The molecule has 1 aliphatic carbocycles. The van der Waals surface area contributed by atoms with Crippen LogP contribution in [0.25, 0.3) is 11.3 Å². The zero-order chi connectivity index (χ0) is 22.4. The summed E-state index contributed by atoms with van der Waals surface area (Å²) >= 11 is 0. The Labute approximate surface area is 184 Å². The van der Waals surface area contributed by atoms with Gasteiger partial charge in [-0.25, -0.2) is 0 Å². The number of aryl methyl sites for hydroxylation is 1. The first-order valence-corrected chi connectivity index (χ1v) is 10.4. The van der Waals surface area contributed by atoms with E-state index in [1.54, 1.807) is 17.9 Å². The highest BCUT2D eigenvalue weighted by molar-refractivity contribution is 6.01. The van der Waals surface area contributed by atoms with Crippen LogP contribution in [0, 0.1) is 5.92 Å². The fraction of sp³-hybridized carbons (Fsp3) is 0.333. The van der Waals surface area contributed by atoms with Crippen LogP contribution in [0.3, 0.4) is 0 Å². The van der Waals surface area contributed by atoms with Crippen LogP contribution in [-0.4, -0.2) is 51.1 Å². The van der Waals surface area contributed by atoms with Crippen LogP contribution in [0.1, 0.15) is 29.0 Å². The Hall–Kier alpha value is -4.02. The minimum Gasteiger partial charge on any atom is -0.366 e. The number of hydrogen-bond donors (Lipinski definition) is 3. The molecule has 0 unspecified atom stereocenters. The van der Waals surface area contributed by atoms with E-state index in [4.69, 9.17) is 0 Å². The summed E-state index contributed by atoms with van der Waals surface area (Å²) in [5.74, 6) is -0.131. The number of benzene rings is 1. The summed E-state index contributed by atoms with van der Waals surface area (Å²) in [6.07, 6.45) is 1.76. The lowest BCUT2D eigenvalue weighted by Gasteiger charge is -2.28. The van der Waals surface area contributed by atoms with Crippen molar-refractivity contribution in [2.75, 3.05) is 29.6 Å². The van der Waals surface area contributed by atoms with Crippen LogP contribution in [0.5, 0.6) is 0 Å². The second-order valence-corrected chi connectivity index (χ2v) is 8.00. The maximum atomic E-state index is 12.4. The van der Waals surface area contributed by atoms with E-state index in [0.717, 1.165) is 41.2 Å². The minimum atomic E-state index is -0.380. The van der Waals surface area contributed by atoms with Crippen molar-refractivity contribution >= 4 is 34.7 Å². The molecule has 5 rings (SSSR count). The normalized spacial score (nSPS) is 14.4. The zero-order valence-corrected chi connectivity index (χ0v) is 18.0. The smallest absolute Gasteiger partial charge is 0.273 e. The molecule has 11 nitrogen and oxygen atoms in total. The van der Waals surface area contributed by atoms with Gasteiger partial charge in [-0.3, -0.25) is 9.59 Å². The number of anilines is 4. The first-order valence-electron chi connectivity index (χ1n) is 10.4. The van der Waals surface area contributed by atoms with E-state index in [0.29, 0.717) is 18.1 Å². The maximum Gasteiger partial charge on any atom is 0.273 e. The molecule has 0 bridgehead atoms. The number of fused-ring (bicyclic) bond motifs is 3. The third kappa shape index (κ3) is 3.51. The fourth-order valence-electron chi connectivity index (χ4n) is 3.87. The number of nitrogens with zero attached hydrogens (tertiary/aromatic N) is 6. The highest BCUT2D eigenvalue weighted by atomic mass is 16.2. The number of amides is 2. The number of carbonyl (C=O) groups excluding carboxylic acids is 2. The van der Waals surface area contributed by atoms with Gasteiger partial charge in [-0.1, -0.05) is 12.1 Å². The van der Waals surface area contributed by atoms with Gasteiger partial charge in [-0.05, 0) is 18.9 Å². The summed E-state index contributed by atoms with van der Waals surface area (Å²) in [5, 5.41) is 25.8. The number of aromatic nitrogens is 5. The molecule has 11 heteroatoms. The lowest BCUT2D eigenvalue weighted by Crippen LogP contribution is -2.24. The Morgan fingerprint density at radius 3 is 2.66 bits per heavy atom. The second kappa shape index (κ2) is 7.59. The van der Waals surface area contributed by atoms with Gasteiger partial charge < -0.3 is 20.9 Å². The molecular weight excluding hydrogens is 410 g/mol. The number of para-hydroxylation sites is 1. The molecule has 164 valence electrons. The van der Waals surface area contributed by atoms with Gasteiger partial charge in [0.25, 0.3) is 5.91 Å². The van der Waals surface area contributed by atoms with Gasteiger partial charge in [0, 0.05) is 38.7 Å². The molecule has 3 N–H and O–H groups in total. The Morgan fingerprint density at radius 1 is 1.09 bits per heavy atom. The van der Waals surface area contributed by atoms with Crippen molar-refractivity contribution in [3.05, 3.63) is 35.7 Å². The van der Waals surface area contributed by atoms with Crippen LogP contribution in [0.2, 0.25) is 0 Å². The van der Waals surface area contributed by atoms with Crippen LogP contribution >= 0.6 is 0 Å². The lowest BCUT2D eigenvalue weighted by atomic mass is 10.0. The van der Waals surface area contributed by atoms with Crippen LogP contribution < -0.4 is 20.9 Å². The van der Waals surface area contributed by atoms with Crippen molar-refractivity contribution in [2.24, 2.45) is 13.0 Å². The topological polar surface area (TPSA) is 130 Å². The molecule has 0 spiro atoms. The number of rotatable bonds is 5. The molecule has 1 fully saturated rings. The largest absolute Gasteiger partial charge is 0.366 e. The fourth-order valence-corrected chi connectivity index (χ4v) is 3.87. The van der Waals surface area contributed by atoms with Crippen molar-refractivity contribution in [1.82, 2.24) is 30.5 Å². The molecule has 1 aliphatic heterocycles. The molecule has 3 aromatic rings. The van der Waals surface area contributed by atoms with E-state index in [-0.39, 0.29) is 23.4 Å². The maximum absolute atomic E-state index is 12.4. The molecule has 0 atom stereocenters. The highest BCUT2D eigenvalue weighted by Gasteiger charge is 2.30. The minimum absolute atomic E-state index is 0.0304. The Bertz CT molecular complexity index is 1230. The molecular formula is C21H23N9O2. The molecule has 2 amide bonds. The van der Waals surface area contributed by atoms with E-state index in [1.807, 2.05) is 25.2 Å². The molecule has 2 aromatic heterocycles. The Kier molecular flexibility index (Phi) is 4.72. The molecule has 0 radical (unpaired) electrons. The third-order valence-electron chi connectivity index (χ3n) is 5.55. The number of nitrogens with one attached hydrogen (secondary N) is 3. The van der Waals surface area contributed by atoms with Crippen LogP contribution in [0.15, 0.2) is 24.3 Å². The van der Waals surface area contributed by atoms with Crippen molar-refractivity contribution in [3.8, 4) is 11.3 Å². The quantitative estimate of drug-likeness (QED) is 0.554. The summed E-state index contributed by atoms with van der Waals surface area (Å²) in [5.41, 5.74) is 4.97. The Morgan fingerprint density at radius 2 is 1.91 bits per heavy atom. The highest BCUT2D eigenvalue weighted by Crippen LogP contribution is 2.42. The zero-order valence-electron chi connectivity index (χ0n) is 18.0. The monoisotopic (exact) mass is 433 g/mol. The lowest BCUT2D eigenvalue weighted by molar-refractivity contribution is -0.117. The summed E-state index contributed by atoms with van der Waals surface area (Å²) < 4.78 is 0. The predicted molar refractivity (Wildman–Crippen MR) is 119 cm³/mol. The SMILES string of the molecule is CNC(=O)c1nnc(NC(=O)C2CC2)cc1Nc1cccc2c1N(C)Cc1nn(C)nc1-2. The van der Waals surface area contributed by atoms with Gasteiger partial charge >= 0.3 is 0 Å². The van der Waals surface area contributed by atoms with E-state index >= 15 is 0 Å². The van der Waals surface area contributed by atoms with Crippen LogP contribution in [-0.2, 0) is 18.4 Å². The van der Waals surface area contributed by atoms with Crippen molar-refractivity contribution < 1.29 is 9.59 Å². The molecule has 3 heterocycles. The van der Waals surface area contributed by atoms with Gasteiger partial charge in [0.1, 0.15) is 11.4 Å². The third-order valence-corrected chi connectivity index (χ3v) is 5.55. The Balaban J connectivity index is 1.55. The standard InChI is InChI=1S/C21H23N9O2/c1-22-21(32)18-14(9-16(25-26-18)24-20(31)11-7-8-11)23-13-6-4-5-12-17-15(27-30(3)28-17)10-29(2)19(12)13/h4-6,9,11H,7-8,10H2,1-3H3,(H,22,32)(H2,23,24,25,31). The molecule has 1 saturated carbocycles. The summed E-state index contributed by atoms with van der Waals surface area (Å²) in [6.45, 7) is 0.606. The average molecular weight is 433 g/mol. The van der Waals surface area contributed by atoms with E-state index in [9.17, 15) is 9.59 Å². The first-order chi connectivity index (χ1) is 15.4. The van der Waals surface area contributed by atoms with E-state index < -0.39 is 0 Å². The molecule has 1 aromatic carbocycles. The van der Waals surface area contributed by atoms with Gasteiger partial charge in [0.2, 0.25) is 5.91 Å².